The molecule has 0 aliphatic carbocycles. The van der Waals surface area contributed by atoms with Crippen molar-refractivity contribution in [2.24, 2.45) is 0 Å². The molecule has 168 valence electrons. The van der Waals surface area contributed by atoms with Gasteiger partial charge in [0.2, 0.25) is 0 Å². The zero-order chi connectivity index (χ0) is 23.1. The number of carbonyl (C=O) groups excluding carboxylic acids is 1. The molecule has 34 heavy (non-hydrogen) atoms. The van der Waals surface area contributed by atoms with Gasteiger partial charge in [0.05, 0.1) is 17.3 Å². The Morgan fingerprint density at radius 3 is 2.65 bits per heavy atom. The largest absolute Gasteiger partial charge is 0.342 e. The second-order valence-corrected chi connectivity index (χ2v) is 8.62. The summed E-state index contributed by atoms with van der Waals surface area (Å²) in [5.74, 6) is 1.53. The van der Waals surface area contributed by atoms with Crippen LogP contribution in [0.3, 0.4) is 0 Å². The Hall–Kier alpha value is -4.26. The minimum atomic E-state index is -0.178. The van der Waals surface area contributed by atoms with Gasteiger partial charge in [-0.3, -0.25) is 4.79 Å². The zero-order valence-electron chi connectivity index (χ0n) is 18.8. The first-order chi connectivity index (χ1) is 16.7. The van der Waals surface area contributed by atoms with Crippen LogP contribution in [0.2, 0.25) is 0 Å². The molecule has 0 spiro atoms. The fourth-order valence-corrected chi connectivity index (χ4v) is 4.77. The third kappa shape index (κ3) is 3.46. The van der Waals surface area contributed by atoms with Crippen molar-refractivity contribution in [3.05, 3.63) is 96.2 Å². The molecule has 0 saturated heterocycles. The number of aromatic nitrogens is 5. The molecule has 7 heteroatoms. The number of rotatable bonds is 4. The number of hydrogen-bond acceptors (Lipinski definition) is 4. The molecule has 2 aromatic heterocycles. The summed E-state index contributed by atoms with van der Waals surface area (Å²) in [5, 5.41) is 18.8. The summed E-state index contributed by atoms with van der Waals surface area (Å²) in [4.78, 5) is 13.7. The topological polar surface area (TPSA) is 77.6 Å². The van der Waals surface area contributed by atoms with Crippen LogP contribution in [0.1, 0.15) is 40.9 Å². The van der Waals surface area contributed by atoms with E-state index in [0.29, 0.717) is 11.3 Å². The fourth-order valence-electron chi connectivity index (χ4n) is 4.77. The van der Waals surface area contributed by atoms with Gasteiger partial charge in [0.1, 0.15) is 11.5 Å². The van der Waals surface area contributed by atoms with Crippen LogP contribution in [-0.2, 0) is 6.54 Å². The van der Waals surface area contributed by atoms with Crippen molar-refractivity contribution in [2.75, 3.05) is 0 Å². The summed E-state index contributed by atoms with van der Waals surface area (Å²) in [5.41, 5.74) is 3.02. The van der Waals surface area contributed by atoms with Crippen molar-refractivity contribution < 1.29 is 4.79 Å². The highest BCUT2D eigenvalue weighted by molar-refractivity contribution is 6.05. The van der Waals surface area contributed by atoms with E-state index in [1.807, 2.05) is 67.7 Å². The summed E-state index contributed by atoms with van der Waals surface area (Å²) in [7, 11) is 0. The number of nitrogens with one attached hydrogen (secondary N) is 1. The average molecular weight is 449 g/mol. The van der Waals surface area contributed by atoms with Crippen molar-refractivity contribution >= 4 is 16.7 Å². The van der Waals surface area contributed by atoms with Crippen molar-refractivity contribution in [3.8, 4) is 16.9 Å². The van der Waals surface area contributed by atoms with Gasteiger partial charge in [-0.2, -0.15) is 5.10 Å². The lowest BCUT2D eigenvalue weighted by Gasteiger charge is -2.24. The number of benzene rings is 3. The molecule has 1 aliphatic rings. The van der Waals surface area contributed by atoms with Crippen LogP contribution in [0, 0.1) is 6.92 Å². The van der Waals surface area contributed by atoms with Crippen molar-refractivity contribution in [1.29, 1.82) is 0 Å². The summed E-state index contributed by atoms with van der Waals surface area (Å²) < 4.78 is 3.87. The molecule has 1 unspecified atom stereocenters. The molecule has 1 atom stereocenters. The van der Waals surface area contributed by atoms with Crippen LogP contribution >= 0.6 is 0 Å². The second kappa shape index (κ2) is 8.26. The van der Waals surface area contributed by atoms with E-state index in [-0.39, 0.29) is 11.9 Å². The first kappa shape index (κ1) is 20.4. The van der Waals surface area contributed by atoms with Gasteiger partial charge >= 0.3 is 0 Å². The summed E-state index contributed by atoms with van der Waals surface area (Å²) in [6.07, 6.45) is 3.62. The highest BCUT2D eigenvalue weighted by Gasteiger charge is 2.28. The lowest BCUT2D eigenvalue weighted by Crippen LogP contribution is -2.33. The van der Waals surface area contributed by atoms with E-state index < -0.39 is 0 Å². The Morgan fingerprint density at radius 2 is 1.76 bits per heavy atom. The lowest BCUT2D eigenvalue weighted by atomic mass is 9.99. The maximum absolute atomic E-state index is 13.7. The Bertz CT molecular complexity index is 1500. The van der Waals surface area contributed by atoms with E-state index in [9.17, 15) is 4.79 Å². The molecule has 0 bridgehead atoms. The Kier molecular flexibility index (Phi) is 4.95. The quantitative estimate of drug-likeness (QED) is 0.426. The number of carbonyl (C=O) groups is 1. The minimum Gasteiger partial charge on any atom is -0.342 e. The molecule has 0 fully saturated rings. The molecule has 0 saturated carbocycles. The SMILES string of the molecule is Cc1nnc2n1CCCC2NC(=O)c1cn(-c2ccccc2)nc1-c1cccc2ccccc12. The average Bonchev–Trinajstić information content (AvgIpc) is 3.49. The Labute approximate surface area is 197 Å². The van der Waals surface area contributed by atoms with E-state index in [1.165, 1.54) is 0 Å². The van der Waals surface area contributed by atoms with E-state index in [2.05, 4.69) is 38.3 Å². The van der Waals surface area contributed by atoms with Crippen molar-refractivity contribution in [1.82, 2.24) is 29.9 Å². The maximum atomic E-state index is 13.7. The zero-order valence-corrected chi connectivity index (χ0v) is 18.8. The van der Waals surface area contributed by atoms with Gasteiger partial charge in [-0.05, 0) is 42.7 Å². The molecule has 1 aliphatic heterocycles. The van der Waals surface area contributed by atoms with Gasteiger partial charge in [0.15, 0.2) is 5.82 Å². The van der Waals surface area contributed by atoms with Crippen LogP contribution < -0.4 is 5.32 Å². The highest BCUT2D eigenvalue weighted by Crippen LogP contribution is 2.32. The van der Waals surface area contributed by atoms with Gasteiger partial charge in [-0.25, -0.2) is 4.68 Å². The summed E-state index contributed by atoms with van der Waals surface area (Å²) in [6.45, 7) is 2.83. The molecule has 1 amide bonds. The maximum Gasteiger partial charge on any atom is 0.255 e. The molecule has 0 radical (unpaired) electrons. The van der Waals surface area contributed by atoms with Crippen LogP contribution in [0.4, 0.5) is 0 Å². The number of aryl methyl sites for hydroxylation is 1. The molecule has 3 aromatic carbocycles. The predicted molar refractivity (Wildman–Crippen MR) is 131 cm³/mol. The van der Waals surface area contributed by atoms with Crippen LogP contribution in [0.15, 0.2) is 79.0 Å². The van der Waals surface area contributed by atoms with Crippen LogP contribution in [0.5, 0.6) is 0 Å². The first-order valence-electron chi connectivity index (χ1n) is 11.5. The van der Waals surface area contributed by atoms with Gasteiger partial charge in [0.25, 0.3) is 5.91 Å². The Morgan fingerprint density at radius 1 is 0.971 bits per heavy atom. The highest BCUT2D eigenvalue weighted by atomic mass is 16.1. The number of amides is 1. The van der Waals surface area contributed by atoms with Crippen LogP contribution in [-0.4, -0.2) is 30.5 Å². The van der Waals surface area contributed by atoms with Crippen molar-refractivity contribution in [2.45, 2.75) is 32.4 Å². The van der Waals surface area contributed by atoms with Gasteiger partial charge < -0.3 is 9.88 Å². The van der Waals surface area contributed by atoms with E-state index in [1.54, 1.807) is 4.68 Å². The van der Waals surface area contributed by atoms with Crippen molar-refractivity contribution in [3.63, 3.8) is 0 Å². The van der Waals surface area contributed by atoms with E-state index in [0.717, 1.165) is 53.1 Å². The molecule has 5 aromatic rings. The first-order valence-corrected chi connectivity index (χ1v) is 11.5. The third-order valence-corrected chi connectivity index (χ3v) is 6.48. The molecule has 7 nitrogen and oxygen atoms in total. The second-order valence-electron chi connectivity index (χ2n) is 8.62. The fraction of sp³-hybridized carbons (Fsp3) is 0.185. The summed E-state index contributed by atoms with van der Waals surface area (Å²) >= 11 is 0. The molecular formula is C27H24N6O. The Balaban J connectivity index is 1.45. The lowest BCUT2D eigenvalue weighted by molar-refractivity contribution is 0.0928. The number of para-hydroxylation sites is 1. The van der Waals surface area contributed by atoms with Gasteiger partial charge in [-0.15, -0.1) is 10.2 Å². The number of hydrogen-bond donors (Lipinski definition) is 1. The van der Waals surface area contributed by atoms with Gasteiger partial charge in [-0.1, -0.05) is 60.7 Å². The number of fused-ring (bicyclic) bond motifs is 2. The van der Waals surface area contributed by atoms with Gasteiger partial charge in [0, 0.05) is 18.3 Å². The van der Waals surface area contributed by atoms with E-state index >= 15 is 0 Å². The molecule has 1 N–H and O–H groups in total. The monoisotopic (exact) mass is 448 g/mol. The summed E-state index contributed by atoms with van der Waals surface area (Å²) in [6, 6.07) is 24.0. The molecule has 6 rings (SSSR count). The minimum absolute atomic E-state index is 0.163. The predicted octanol–water partition coefficient (Wildman–Crippen LogP) is 4.86. The number of nitrogens with zero attached hydrogens (tertiary/aromatic N) is 5. The third-order valence-electron chi connectivity index (χ3n) is 6.48. The smallest absolute Gasteiger partial charge is 0.255 e. The van der Waals surface area contributed by atoms with Crippen LogP contribution in [0.25, 0.3) is 27.7 Å². The normalized spacial score (nSPS) is 15.3. The standard InChI is InChI=1S/C27H24N6O/c1-18-29-30-26-24(15-8-16-32(18)26)28-27(34)23-17-33(20-11-3-2-4-12-20)31-25(23)22-14-7-10-19-9-5-6-13-21(19)22/h2-7,9-14,17,24H,8,15-16H2,1H3,(H,28,34). The molecular weight excluding hydrogens is 424 g/mol. The molecule has 3 heterocycles. The van der Waals surface area contributed by atoms with E-state index in [4.69, 9.17) is 5.10 Å².